The van der Waals surface area contributed by atoms with Crippen LogP contribution < -0.4 is 5.32 Å². The summed E-state index contributed by atoms with van der Waals surface area (Å²) in [5.41, 5.74) is 0. The summed E-state index contributed by atoms with van der Waals surface area (Å²) in [5.74, 6) is 0.834. The van der Waals surface area contributed by atoms with Crippen molar-refractivity contribution < 1.29 is 4.74 Å². The monoisotopic (exact) mass is 198 g/mol. The molecular weight excluding hydrogens is 176 g/mol. The van der Waals surface area contributed by atoms with E-state index >= 15 is 0 Å². The largest absolute Gasteiger partial charge is 0.381 e. The first-order chi connectivity index (χ1) is 6.84. The summed E-state index contributed by atoms with van der Waals surface area (Å²) in [4.78, 5) is 2.58. The summed E-state index contributed by atoms with van der Waals surface area (Å²) in [6.07, 6.45) is 2.61. The maximum absolute atomic E-state index is 5.39. The van der Waals surface area contributed by atoms with E-state index in [4.69, 9.17) is 4.74 Å². The molecule has 0 saturated carbocycles. The number of piperazine rings is 1. The van der Waals surface area contributed by atoms with Crippen LogP contribution in [0.2, 0.25) is 0 Å². The van der Waals surface area contributed by atoms with E-state index in [1.807, 2.05) is 0 Å². The Labute approximate surface area is 86.8 Å². The number of hydrogen-bond acceptors (Lipinski definition) is 3. The van der Waals surface area contributed by atoms with Gasteiger partial charge in [-0.3, -0.25) is 0 Å². The molecule has 14 heavy (non-hydrogen) atoms. The zero-order valence-electron chi connectivity index (χ0n) is 9.17. The minimum absolute atomic E-state index is 0.670. The van der Waals surface area contributed by atoms with Gasteiger partial charge in [-0.15, -0.1) is 0 Å². The number of nitrogens with zero attached hydrogens (tertiary/aromatic N) is 1. The Bertz CT molecular complexity index is 169. The summed E-state index contributed by atoms with van der Waals surface area (Å²) in [6, 6.07) is 0.670. The molecule has 0 aromatic heterocycles. The lowest BCUT2D eigenvalue weighted by Crippen LogP contribution is -2.49. The van der Waals surface area contributed by atoms with Gasteiger partial charge in [0, 0.05) is 38.9 Å². The van der Waals surface area contributed by atoms with E-state index in [0.717, 1.165) is 25.7 Å². The topological polar surface area (TPSA) is 24.5 Å². The van der Waals surface area contributed by atoms with E-state index in [9.17, 15) is 0 Å². The normalized spacial score (nSPS) is 34.9. The molecule has 2 saturated heterocycles. The van der Waals surface area contributed by atoms with Crippen molar-refractivity contribution in [2.24, 2.45) is 5.92 Å². The number of ether oxygens (including phenoxy) is 1. The lowest BCUT2D eigenvalue weighted by atomic mass is 10.0. The predicted octanol–water partition coefficient (Wildman–Crippen LogP) is 0.707. The highest BCUT2D eigenvalue weighted by molar-refractivity contribution is 4.76. The van der Waals surface area contributed by atoms with Gasteiger partial charge in [-0.05, 0) is 32.2 Å². The van der Waals surface area contributed by atoms with Crippen LogP contribution in [0.15, 0.2) is 0 Å². The van der Waals surface area contributed by atoms with E-state index in [2.05, 4.69) is 17.1 Å². The van der Waals surface area contributed by atoms with Crippen LogP contribution in [0.3, 0.4) is 0 Å². The van der Waals surface area contributed by atoms with Crippen LogP contribution in [-0.4, -0.2) is 50.3 Å². The highest BCUT2D eigenvalue weighted by Gasteiger charge is 2.19. The number of rotatable bonds is 3. The molecule has 0 aromatic rings. The Balaban J connectivity index is 1.64. The van der Waals surface area contributed by atoms with Crippen molar-refractivity contribution in [2.45, 2.75) is 25.8 Å². The van der Waals surface area contributed by atoms with Crippen molar-refractivity contribution in [1.29, 1.82) is 0 Å². The van der Waals surface area contributed by atoms with Gasteiger partial charge in [0.05, 0.1) is 0 Å². The first-order valence-electron chi connectivity index (χ1n) is 5.88. The average molecular weight is 198 g/mol. The van der Waals surface area contributed by atoms with E-state index in [1.165, 1.54) is 32.5 Å². The summed E-state index contributed by atoms with van der Waals surface area (Å²) >= 11 is 0. The summed E-state index contributed by atoms with van der Waals surface area (Å²) in [5, 5.41) is 3.47. The molecule has 2 rings (SSSR count). The number of hydrogen-bond donors (Lipinski definition) is 1. The molecule has 3 nitrogen and oxygen atoms in total. The van der Waals surface area contributed by atoms with Gasteiger partial charge in [0.25, 0.3) is 0 Å². The standard InChI is InChI=1S/C11H22N2O/c1-10-8-13(6-4-12-10)5-2-11-3-7-14-9-11/h10-12H,2-9H2,1H3. The average Bonchev–Trinajstić information content (AvgIpc) is 2.67. The van der Waals surface area contributed by atoms with E-state index in [1.54, 1.807) is 0 Å². The van der Waals surface area contributed by atoms with Gasteiger partial charge >= 0.3 is 0 Å². The molecule has 0 bridgehead atoms. The number of nitrogens with one attached hydrogen (secondary N) is 1. The molecule has 0 spiro atoms. The first-order valence-corrected chi connectivity index (χ1v) is 5.88. The molecule has 82 valence electrons. The molecule has 0 aliphatic carbocycles. The predicted molar refractivity (Wildman–Crippen MR) is 57.4 cm³/mol. The fourth-order valence-electron chi connectivity index (χ4n) is 2.39. The smallest absolute Gasteiger partial charge is 0.0495 e. The minimum Gasteiger partial charge on any atom is -0.381 e. The third kappa shape index (κ3) is 2.94. The van der Waals surface area contributed by atoms with Crippen LogP contribution in [0.4, 0.5) is 0 Å². The van der Waals surface area contributed by atoms with Crippen LogP contribution in [0.1, 0.15) is 19.8 Å². The lowest BCUT2D eigenvalue weighted by Gasteiger charge is -2.32. The fraction of sp³-hybridized carbons (Fsp3) is 1.00. The van der Waals surface area contributed by atoms with E-state index in [0.29, 0.717) is 6.04 Å². The third-order valence-corrected chi connectivity index (χ3v) is 3.33. The maximum atomic E-state index is 5.39. The van der Waals surface area contributed by atoms with Crippen molar-refractivity contribution in [3.8, 4) is 0 Å². The second kappa shape index (κ2) is 5.10. The Kier molecular flexibility index (Phi) is 3.79. The van der Waals surface area contributed by atoms with Gasteiger partial charge in [0.1, 0.15) is 0 Å². The second-order valence-corrected chi connectivity index (χ2v) is 4.67. The first kappa shape index (κ1) is 10.4. The Hall–Kier alpha value is -0.120. The van der Waals surface area contributed by atoms with Gasteiger partial charge in [-0.25, -0.2) is 0 Å². The molecule has 0 radical (unpaired) electrons. The third-order valence-electron chi connectivity index (χ3n) is 3.33. The van der Waals surface area contributed by atoms with Crippen LogP contribution in [0.5, 0.6) is 0 Å². The van der Waals surface area contributed by atoms with Crippen molar-refractivity contribution in [2.75, 3.05) is 39.4 Å². The lowest BCUT2D eigenvalue weighted by molar-refractivity contribution is 0.168. The molecular formula is C11H22N2O. The molecule has 0 aromatic carbocycles. The van der Waals surface area contributed by atoms with Crippen molar-refractivity contribution in [1.82, 2.24) is 10.2 Å². The van der Waals surface area contributed by atoms with Gasteiger partial charge in [0.15, 0.2) is 0 Å². The molecule has 3 heteroatoms. The fourth-order valence-corrected chi connectivity index (χ4v) is 2.39. The highest BCUT2D eigenvalue weighted by atomic mass is 16.5. The second-order valence-electron chi connectivity index (χ2n) is 4.67. The highest BCUT2D eigenvalue weighted by Crippen LogP contribution is 2.16. The maximum Gasteiger partial charge on any atom is 0.0495 e. The van der Waals surface area contributed by atoms with Gasteiger partial charge in [0.2, 0.25) is 0 Å². The van der Waals surface area contributed by atoms with Crippen LogP contribution in [0.25, 0.3) is 0 Å². The Morgan fingerprint density at radius 2 is 2.43 bits per heavy atom. The van der Waals surface area contributed by atoms with Gasteiger partial charge in [-0.2, -0.15) is 0 Å². The zero-order valence-corrected chi connectivity index (χ0v) is 9.17. The summed E-state index contributed by atoms with van der Waals surface area (Å²) in [7, 11) is 0. The molecule has 2 fully saturated rings. The minimum atomic E-state index is 0.670. The molecule has 2 atom stereocenters. The molecule has 2 aliphatic heterocycles. The molecule has 0 amide bonds. The molecule has 2 aliphatic rings. The van der Waals surface area contributed by atoms with Crippen molar-refractivity contribution >= 4 is 0 Å². The quantitative estimate of drug-likeness (QED) is 0.723. The van der Waals surface area contributed by atoms with Crippen molar-refractivity contribution in [3.63, 3.8) is 0 Å². The van der Waals surface area contributed by atoms with Gasteiger partial charge < -0.3 is 15.0 Å². The van der Waals surface area contributed by atoms with Crippen LogP contribution in [-0.2, 0) is 4.74 Å². The molecule has 2 heterocycles. The van der Waals surface area contributed by atoms with E-state index in [-0.39, 0.29) is 0 Å². The summed E-state index contributed by atoms with van der Waals surface area (Å²) < 4.78 is 5.39. The molecule has 1 N–H and O–H groups in total. The summed E-state index contributed by atoms with van der Waals surface area (Å²) in [6.45, 7) is 9.11. The van der Waals surface area contributed by atoms with Gasteiger partial charge in [-0.1, -0.05) is 0 Å². The van der Waals surface area contributed by atoms with Crippen molar-refractivity contribution in [3.05, 3.63) is 0 Å². The van der Waals surface area contributed by atoms with Crippen LogP contribution in [0, 0.1) is 5.92 Å². The zero-order chi connectivity index (χ0) is 9.80. The Morgan fingerprint density at radius 3 is 3.14 bits per heavy atom. The van der Waals surface area contributed by atoms with Crippen LogP contribution >= 0.6 is 0 Å². The SMILES string of the molecule is CC1CN(CCC2CCOC2)CCN1. The van der Waals surface area contributed by atoms with E-state index < -0.39 is 0 Å². The Morgan fingerprint density at radius 1 is 1.50 bits per heavy atom. The molecule has 2 unspecified atom stereocenters.